The lowest BCUT2D eigenvalue weighted by atomic mass is 10.2. The minimum atomic E-state index is 0.180. The SMILES string of the molecule is O=Cc1cc(N2CCSCC2CO)cs1. The summed E-state index contributed by atoms with van der Waals surface area (Å²) in [6, 6.07) is 2.09. The number of anilines is 1. The zero-order valence-corrected chi connectivity index (χ0v) is 9.89. The molecule has 1 aromatic heterocycles. The summed E-state index contributed by atoms with van der Waals surface area (Å²) in [5.74, 6) is 2.05. The number of aldehydes is 1. The maximum Gasteiger partial charge on any atom is 0.160 e. The molecule has 0 aliphatic carbocycles. The van der Waals surface area contributed by atoms with E-state index in [0.717, 1.165) is 34.9 Å². The van der Waals surface area contributed by atoms with E-state index in [-0.39, 0.29) is 12.6 Å². The molecule has 5 heteroatoms. The molecule has 1 aliphatic rings. The highest BCUT2D eigenvalue weighted by Crippen LogP contribution is 2.27. The summed E-state index contributed by atoms with van der Waals surface area (Å²) in [7, 11) is 0. The molecule has 0 amide bonds. The lowest BCUT2D eigenvalue weighted by Gasteiger charge is -2.35. The lowest BCUT2D eigenvalue weighted by Crippen LogP contribution is -2.44. The molecule has 2 heterocycles. The molecular formula is C10H13NO2S2. The lowest BCUT2D eigenvalue weighted by molar-refractivity contribution is 0.112. The normalized spacial score (nSPS) is 21.7. The third-order valence-electron chi connectivity index (χ3n) is 2.49. The van der Waals surface area contributed by atoms with Crippen molar-refractivity contribution in [1.29, 1.82) is 0 Å². The maximum atomic E-state index is 10.6. The third kappa shape index (κ3) is 2.35. The van der Waals surface area contributed by atoms with E-state index < -0.39 is 0 Å². The average molecular weight is 243 g/mol. The summed E-state index contributed by atoms with van der Waals surface area (Å²) >= 11 is 3.33. The standard InChI is InChI=1S/C10H13NO2S2/c12-4-9-6-14-2-1-11(9)8-3-10(5-13)15-7-8/h3,5,7,9,12H,1-2,4,6H2. The van der Waals surface area contributed by atoms with Gasteiger partial charge in [-0.2, -0.15) is 11.8 Å². The number of aliphatic hydroxyl groups is 1. The highest BCUT2D eigenvalue weighted by Gasteiger charge is 2.22. The van der Waals surface area contributed by atoms with Crippen molar-refractivity contribution in [2.45, 2.75) is 6.04 Å². The summed E-state index contributed by atoms with van der Waals surface area (Å²) < 4.78 is 0. The van der Waals surface area contributed by atoms with E-state index in [2.05, 4.69) is 4.90 Å². The second-order valence-electron chi connectivity index (χ2n) is 3.43. The Bertz CT molecular complexity index is 340. The van der Waals surface area contributed by atoms with Gasteiger partial charge in [0, 0.05) is 29.1 Å². The number of carbonyl (C=O) groups is 1. The van der Waals surface area contributed by atoms with Gasteiger partial charge in [-0.15, -0.1) is 11.3 Å². The van der Waals surface area contributed by atoms with Crippen LogP contribution in [0.4, 0.5) is 5.69 Å². The predicted molar refractivity (Wildman–Crippen MR) is 65.3 cm³/mol. The van der Waals surface area contributed by atoms with Gasteiger partial charge in [-0.05, 0) is 6.07 Å². The van der Waals surface area contributed by atoms with Gasteiger partial charge in [-0.1, -0.05) is 0 Å². The molecule has 0 bridgehead atoms. The van der Waals surface area contributed by atoms with E-state index in [0.29, 0.717) is 0 Å². The maximum absolute atomic E-state index is 10.6. The van der Waals surface area contributed by atoms with Crippen LogP contribution in [-0.2, 0) is 0 Å². The van der Waals surface area contributed by atoms with E-state index in [9.17, 15) is 9.90 Å². The van der Waals surface area contributed by atoms with Crippen LogP contribution < -0.4 is 4.90 Å². The smallest absolute Gasteiger partial charge is 0.160 e. The summed E-state index contributed by atoms with van der Waals surface area (Å²) in [5.41, 5.74) is 1.07. The minimum Gasteiger partial charge on any atom is -0.394 e. The fourth-order valence-corrected chi connectivity index (χ4v) is 3.46. The molecule has 0 aromatic carbocycles. The minimum absolute atomic E-state index is 0.180. The number of rotatable bonds is 3. The topological polar surface area (TPSA) is 40.5 Å². The molecular weight excluding hydrogens is 230 g/mol. The first-order valence-corrected chi connectivity index (χ1v) is 6.87. The van der Waals surface area contributed by atoms with Crippen LogP contribution in [-0.4, -0.2) is 42.1 Å². The molecule has 82 valence electrons. The Labute approximate surface area is 97.1 Å². The zero-order chi connectivity index (χ0) is 10.7. The number of carbonyl (C=O) groups excluding carboxylic acids is 1. The molecule has 0 radical (unpaired) electrons. The van der Waals surface area contributed by atoms with Crippen LogP contribution in [0.25, 0.3) is 0 Å². The number of aliphatic hydroxyl groups excluding tert-OH is 1. The van der Waals surface area contributed by atoms with Crippen molar-refractivity contribution in [2.75, 3.05) is 29.6 Å². The first kappa shape index (κ1) is 11.0. The van der Waals surface area contributed by atoms with Crippen molar-refractivity contribution < 1.29 is 9.90 Å². The van der Waals surface area contributed by atoms with Crippen LogP contribution in [0.15, 0.2) is 11.4 Å². The Morgan fingerprint density at radius 2 is 2.53 bits per heavy atom. The number of hydrogen-bond donors (Lipinski definition) is 1. The van der Waals surface area contributed by atoms with Crippen molar-refractivity contribution in [3.05, 3.63) is 16.3 Å². The molecule has 1 aromatic rings. The van der Waals surface area contributed by atoms with Crippen LogP contribution in [0.5, 0.6) is 0 Å². The van der Waals surface area contributed by atoms with Crippen molar-refractivity contribution in [1.82, 2.24) is 0 Å². The van der Waals surface area contributed by atoms with Gasteiger partial charge in [-0.3, -0.25) is 4.79 Å². The van der Waals surface area contributed by atoms with E-state index in [1.807, 2.05) is 23.2 Å². The van der Waals surface area contributed by atoms with E-state index in [4.69, 9.17) is 0 Å². The Hall–Kier alpha value is -0.520. The Balaban J connectivity index is 2.16. The van der Waals surface area contributed by atoms with Gasteiger partial charge >= 0.3 is 0 Å². The fraction of sp³-hybridized carbons (Fsp3) is 0.500. The zero-order valence-electron chi connectivity index (χ0n) is 8.26. The molecule has 2 rings (SSSR count). The van der Waals surface area contributed by atoms with Gasteiger partial charge in [0.05, 0.1) is 17.5 Å². The quantitative estimate of drug-likeness (QED) is 0.816. The molecule has 1 unspecified atom stereocenters. The molecule has 3 nitrogen and oxygen atoms in total. The molecule has 1 aliphatic heterocycles. The van der Waals surface area contributed by atoms with Crippen LogP contribution in [0.2, 0.25) is 0 Å². The van der Waals surface area contributed by atoms with Gasteiger partial charge < -0.3 is 10.0 Å². The number of thioether (sulfide) groups is 1. The number of hydrogen-bond acceptors (Lipinski definition) is 5. The summed E-state index contributed by atoms with van der Waals surface area (Å²) in [6.07, 6.45) is 0.876. The Kier molecular flexibility index (Phi) is 3.66. The second-order valence-corrected chi connectivity index (χ2v) is 5.52. The summed E-state index contributed by atoms with van der Waals surface area (Å²) in [5, 5.41) is 11.3. The molecule has 1 atom stereocenters. The largest absolute Gasteiger partial charge is 0.394 e. The van der Waals surface area contributed by atoms with Gasteiger partial charge in [0.15, 0.2) is 6.29 Å². The van der Waals surface area contributed by atoms with E-state index in [1.165, 1.54) is 11.3 Å². The van der Waals surface area contributed by atoms with E-state index in [1.54, 1.807) is 0 Å². The van der Waals surface area contributed by atoms with E-state index >= 15 is 0 Å². The second kappa shape index (κ2) is 5.01. The van der Waals surface area contributed by atoms with Crippen LogP contribution in [0.1, 0.15) is 9.67 Å². The highest BCUT2D eigenvalue weighted by atomic mass is 32.2. The highest BCUT2D eigenvalue weighted by molar-refractivity contribution is 7.99. The fourth-order valence-electron chi connectivity index (χ4n) is 1.70. The average Bonchev–Trinajstić information content (AvgIpc) is 2.77. The van der Waals surface area contributed by atoms with Crippen LogP contribution >= 0.6 is 23.1 Å². The van der Waals surface area contributed by atoms with Gasteiger partial charge in [0.25, 0.3) is 0 Å². The molecule has 1 fully saturated rings. The number of thiophene rings is 1. The third-order valence-corrected chi connectivity index (χ3v) is 4.43. The summed E-state index contributed by atoms with van der Waals surface area (Å²) in [6.45, 7) is 1.13. The molecule has 1 saturated heterocycles. The van der Waals surface area contributed by atoms with Crippen molar-refractivity contribution in [3.63, 3.8) is 0 Å². The molecule has 0 saturated carbocycles. The van der Waals surface area contributed by atoms with Gasteiger partial charge in [0.1, 0.15) is 0 Å². The Morgan fingerprint density at radius 3 is 3.20 bits per heavy atom. The summed E-state index contributed by atoms with van der Waals surface area (Å²) in [4.78, 5) is 13.5. The molecule has 15 heavy (non-hydrogen) atoms. The number of nitrogens with zero attached hydrogens (tertiary/aromatic N) is 1. The molecule has 0 spiro atoms. The first-order valence-electron chi connectivity index (χ1n) is 4.84. The predicted octanol–water partition coefficient (Wildman–Crippen LogP) is 1.47. The molecule has 1 N–H and O–H groups in total. The van der Waals surface area contributed by atoms with Crippen molar-refractivity contribution in [2.24, 2.45) is 0 Å². The van der Waals surface area contributed by atoms with Crippen LogP contribution in [0.3, 0.4) is 0 Å². The van der Waals surface area contributed by atoms with Gasteiger partial charge in [0.2, 0.25) is 0 Å². The van der Waals surface area contributed by atoms with Crippen LogP contribution in [0, 0.1) is 0 Å². The Morgan fingerprint density at radius 1 is 1.67 bits per heavy atom. The monoisotopic (exact) mass is 243 g/mol. The van der Waals surface area contributed by atoms with Crippen molar-refractivity contribution >= 4 is 35.1 Å². The van der Waals surface area contributed by atoms with Gasteiger partial charge in [-0.25, -0.2) is 0 Å². The van der Waals surface area contributed by atoms with Crippen molar-refractivity contribution in [3.8, 4) is 0 Å². The first-order chi connectivity index (χ1) is 7.35.